The van der Waals surface area contributed by atoms with Crippen LogP contribution in [0.15, 0.2) is 54.9 Å². The molecule has 1 N–H and O–H groups in total. The standard InChI is InChI=1S/C17H15F2N5O3/c1-11(16(25)21-14-4-2-3-5-15(14)27-17(18)19)26-13-8-6-12(7-9-13)24-10-20-22-23-24/h2-11,17H,1H3,(H,21,25). The summed E-state index contributed by atoms with van der Waals surface area (Å²) in [6, 6.07) is 12.7. The maximum Gasteiger partial charge on any atom is 0.387 e. The number of hydrogen-bond donors (Lipinski definition) is 1. The van der Waals surface area contributed by atoms with Gasteiger partial charge < -0.3 is 14.8 Å². The summed E-state index contributed by atoms with van der Waals surface area (Å²) in [5, 5.41) is 13.4. The van der Waals surface area contributed by atoms with Gasteiger partial charge in [-0.3, -0.25) is 4.79 Å². The van der Waals surface area contributed by atoms with Crippen molar-refractivity contribution < 1.29 is 23.0 Å². The molecular weight excluding hydrogens is 360 g/mol. The molecule has 0 aliphatic heterocycles. The Morgan fingerprint density at radius 3 is 2.52 bits per heavy atom. The first-order chi connectivity index (χ1) is 13.0. The van der Waals surface area contributed by atoms with Gasteiger partial charge in [-0.1, -0.05) is 12.1 Å². The van der Waals surface area contributed by atoms with Crippen LogP contribution in [-0.4, -0.2) is 38.8 Å². The predicted octanol–water partition coefficient (Wildman–Crippen LogP) is 2.67. The fourth-order valence-corrected chi connectivity index (χ4v) is 2.22. The number of halogens is 2. The van der Waals surface area contributed by atoms with E-state index >= 15 is 0 Å². The number of aromatic nitrogens is 4. The van der Waals surface area contributed by atoms with Crippen LogP contribution in [0.25, 0.3) is 5.69 Å². The molecule has 0 radical (unpaired) electrons. The highest BCUT2D eigenvalue weighted by atomic mass is 19.3. The number of nitrogens with zero attached hydrogens (tertiary/aromatic N) is 4. The first-order valence-corrected chi connectivity index (χ1v) is 7.87. The molecule has 140 valence electrons. The molecule has 0 bridgehead atoms. The molecule has 0 saturated carbocycles. The average Bonchev–Trinajstić information content (AvgIpc) is 3.18. The first kappa shape index (κ1) is 18.2. The summed E-state index contributed by atoms with van der Waals surface area (Å²) < 4.78 is 36.3. The maximum absolute atomic E-state index is 12.4. The number of hydrogen-bond acceptors (Lipinski definition) is 6. The van der Waals surface area contributed by atoms with E-state index in [0.29, 0.717) is 5.75 Å². The zero-order valence-corrected chi connectivity index (χ0v) is 14.1. The summed E-state index contributed by atoms with van der Waals surface area (Å²) in [4.78, 5) is 12.3. The van der Waals surface area contributed by atoms with Gasteiger partial charge in [0.15, 0.2) is 6.10 Å². The van der Waals surface area contributed by atoms with Crippen LogP contribution in [0.4, 0.5) is 14.5 Å². The Morgan fingerprint density at radius 1 is 1.11 bits per heavy atom. The van der Waals surface area contributed by atoms with Crippen molar-refractivity contribution in [2.75, 3.05) is 5.32 Å². The highest BCUT2D eigenvalue weighted by Gasteiger charge is 2.18. The quantitative estimate of drug-likeness (QED) is 0.683. The smallest absolute Gasteiger partial charge is 0.387 e. The number of carbonyl (C=O) groups excluding carboxylic acids is 1. The highest BCUT2D eigenvalue weighted by molar-refractivity contribution is 5.95. The van der Waals surface area contributed by atoms with Gasteiger partial charge in [-0.25, -0.2) is 4.68 Å². The number of benzene rings is 2. The Hall–Kier alpha value is -3.56. The number of nitrogens with one attached hydrogen (secondary N) is 1. The number of rotatable bonds is 7. The third-order valence-corrected chi connectivity index (χ3v) is 3.49. The van der Waals surface area contributed by atoms with Crippen LogP contribution >= 0.6 is 0 Å². The molecule has 1 amide bonds. The van der Waals surface area contributed by atoms with Crippen molar-refractivity contribution >= 4 is 11.6 Å². The third-order valence-electron chi connectivity index (χ3n) is 3.49. The largest absolute Gasteiger partial charge is 0.481 e. The molecule has 27 heavy (non-hydrogen) atoms. The second kappa shape index (κ2) is 8.21. The molecule has 1 heterocycles. The normalized spacial score (nSPS) is 11.9. The predicted molar refractivity (Wildman–Crippen MR) is 90.9 cm³/mol. The molecule has 2 aromatic carbocycles. The maximum atomic E-state index is 12.4. The molecule has 1 aromatic heterocycles. The van der Waals surface area contributed by atoms with Crippen LogP contribution in [0.5, 0.6) is 11.5 Å². The van der Waals surface area contributed by atoms with E-state index in [0.717, 1.165) is 5.69 Å². The monoisotopic (exact) mass is 375 g/mol. The molecule has 0 spiro atoms. The number of carbonyl (C=O) groups is 1. The summed E-state index contributed by atoms with van der Waals surface area (Å²) in [6.45, 7) is -1.45. The zero-order valence-electron chi connectivity index (χ0n) is 14.1. The van der Waals surface area contributed by atoms with Crippen molar-refractivity contribution in [2.45, 2.75) is 19.6 Å². The Balaban J connectivity index is 1.63. The van der Waals surface area contributed by atoms with Crippen molar-refractivity contribution in [1.82, 2.24) is 20.2 Å². The van der Waals surface area contributed by atoms with E-state index in [4.69, 9.17) is 4.74 Å². The van der Waals surface area contributed by atoms with E-state index in [9.17, 15) is 13.6 Å². The van der Waals surface area contributed by atoms with Crippen molar-refractivity contribution in [3.05, 3.63) is 54.9 Å². The number of anilines is 1. The summed E-state index contributed by atoms with van der Waals surface area (Å²) in [5.41, 5.74) is 0.856. The van der Waals surface area contributed by atoms with E-state index in [1.807, 2.05) is 0 Å². The van der Waals surface area contributed by atoms with Crippen LogP contribution in [-0.2, 0) is 4.79 Å². The molecule has 10 heteroatoms. The minimum absolute atomic E-state index is 0.126. The lowest BCUT2D eigenvalue weighted by Gasteiger charge is -2.16. The van der Waals surface area contributed by atoms with Gasteiger partial charge in [0.05, 0.1) is 11.4 Å². The van der Waals surface area contributed by atoms with Gasteiger partial charge in [-0.15, -0.1) is 5.10 Å². The second-order valence-corrected chi connectivity index (χ2v) is 5.37. The van der Waals surface area contributed by atoms with Crippen molar-refractivity contribution in [3.63, 3.8) is 0 Å². The number of alkyl halides is 2. The van der Waals surface area contributed by atoms with Crippen LogP contribution in [0.2, 0.25) is 0 Å². The van der Waals surface area contributed by atoms with Gasteiger partial charge in [0.25, 0.3) is 5.91 Å². The van der Waals surface area contributed by atoms with Crippen LogP contribution < -0.4 is 14.8 Å². The number of para-hydroxylation sites is 2. The lowest BCUT2D eigenvalue weighted by Crippen LogP contribution is -2.30. The fourth-order valence-electron chi connectivity index (χ4n) is 2.22. The van der Waals surface area contributed by atoms with Crippen LogP contribution in [0, 0.1) is 0 Å². The summed E-state index contributed by atoms with van der Waals surface area (Å²) >= 11 is 0. The van der Waals surface area contributed by atoms with Crippen molar-refractivity contribution in [3.8, 4) is 17.2 Å². The van der Waals surface area contributed by atoms with Crippen LogP contribution in [0.3, 0.4) is 0 Å². The molecule has 0 aliphatic rings. The second-order valence-electron chi connectivity index (χ2n) is 5.37. The van der Waals surface area contributed by atoms with Gasteiger partial charge in [-0.2, -0.15) is 8.78 Å². The molecule has 3 aromatic rings. The fraction of sp³-hybridized carbons (Fsp3) is 0.176. The topological polar surface area (TPSA) is 91.2 Å². The Labute approximate surface area is 152 Å². The van der Waals surface area contributed by atoms with Gasteiger partial charge in [0.1, 0.15) is 17.8 Å². The molecule has 0 fully saturated rings. The number of amides is 1. The van der Waals surface area contributed by atoms with Gasteiger partial charge in [0, 0.05) is 0 Å². The molecule has 1 atom stereocenters. The molecule has 1 unspecified atom stereocenters. The van der Waals surface area contributed by atoms with Gasteiger partial charge >= 0.3 is 6.61 Å². The molecule has 8 nitrogen and oxygen atoms in total. The average molecular weight is 375 g/mol. The van der Waals surface area contributed by atoms with Crippen LogP contribution in [0.1, 0.15) is 6.92 Å². The van der Waals surface area contributed by atoms with Gasteiger partial charge in [-0.05, 0) is 53.7 Å². The number of tetrazole rings is 1. The summed E-state index contributed by atoms with van der Waals surface area (Å²) in [7, 11) is 0. The zero-order chi connectivity index (χ0) is 19.2. The van der Waals surface area contributed by atoms with Gasteiger partial charge in [0.2, 0.25) is 0 Å². The molecule has 3 rings (SSSR count). The Bertz CT molecular complexity index is 888. The van der Waals surface area contributed by atoms with E-state index in [1.165, 1.54) is 29.2 Å². The minimum atomic E-state index is -2.99. The van der Waals surface area contributed by atoms with E-state index in [2.05, 4.69) is 25.6 Å². The highest BCUT2D eigenvalue weighted by Crippen LogP contribution is 2.26. The van der Waals surface area contributed by atoms with Crippen molar-refractivity contribution in [2.24, 2.45) is 0 Å². The molecule has 0 saturated heterocycles. The van der Waals surface area contributed by atoms with E-state index in [1.54, 1.807) is 37.3 Å². The summed E-state index contributed by atoms with van der Waals surface area (Å²) in [5.74, 6) is -0.185. The Kier molecular flexibility index (Phi) is 5.55. The first-order valence-electron chi connectivity index (χ1n) is 7.87. The van der Waals surface area contributed by atoms with E-state index in [-0.39, 0.29) is 11.4 Å². The lowest BCUT2D eigenvalue weighted by atomic mass is 10.2. The SMILES string of the molecule is CC(Oc1ccc(-n2cnnn2)cc1)C(=O)Nc1ccccc1OC(F)F. The molecular formula is C17H15F2N5O3. The minimum Gasteiger partial charge on any atom is -0.481 e. The number of ether oxygens (including phenoxy) is 2. The summed E-state index contributed by atoms with van der Waals surface area (Å²) in [6.07, 6.45) is 0.577. The van der Waals surface area contributed by atoms with E-state index < -0.39 is 18.6 Å². The third kappa shape index (κ3) is 4.75. The lowest BCUT2D eigenvalue weighted by molar-refractivity contribution is -0.122. The Morgan fingerprint density at radius 2 is 1.85 bits per heavy atom. The van der Waals surface area contributed by atoms with Crippen molar-refractivity contribution in [1.29, 1.82) is 0 Å². The molecule has 0 aliphatic carbocycles.